The van der Waals surface area contributed by atoms with Crippen molar-refractivity contribution in [3.05, 3.63) is 35.4 Å². The smallest absolute Gasteiger partial charge is 0.326 e. The van der Waals surface area contributed by atoms with Gasteiger partial charge in [0, 0.05) is 20.0 Å². The number of hydrogen-bond donors (Lipinski definition) is 0. The number of amides is 2. The van der Waals surface area contributed by atoms with Crippen molar-refractivity contribution in [3.8, 4) is 0 Å². The van der Waals surface area contributed by atoms with Crippen LogP contribution in [-0.4, -0.2) is 83.4 Å². The van der Waals surface area contributed by atoms with Crippen molar-refractivity contribution >= 4 is 17.8 Å². The fourth-order valence-corrected chi connectivity index (χ4v) is 4.18. The van der Waals surface area contributed by atoms with Crippen LogP contribution in [0.3, 0.4) is 0 Å². The van der Waals surface area contributed by atoms with Gasteiger partial charge >= 0.3 is 5.97 Å². The third-order valence-corrected chi connectivity index (χ3v) is 5.92. The highest BCUT2D eigenvalue weighted by Gasteiger charge is 2.35. The molecule has 1 aromatic carbocycles. The second-order valence-electron chi connectivity index (χ2n) is 10.3. The molecule has 0 spiro atoms. The molecule has 0 radical (unpaired) electrons. The van der Waals surface area contributed by atoms with Gasteiger partial charge in [-0.3, -0.25) is 19.3 Å². The quantitative estimate of drug-likeness (QED) is 0.391. The number of nitrogens with zero attached hydrogens (tertiary/aromatic N) is 3. The van der Waals surface area contributed by atoms with Gasteiger partial charge in [-0.1, -0.05) is 43.7 Å². The highest BCUT2D eigenvalue weighted by atomic mass is 16.6. The molecule has 0 N–H and O–H groups in total. The number of benzene rings is 1. The van der Waals surface area contributed by atoms with E-state index in [9.17, 15) is 14.4 Å². The van der Waals surface area contributed by atoms with Gasteiger partial charge in [-0.05, 0) is 73.0 Å². The molecular weight excluding hydrogens is 442 g/mol. The number of ether oxygens (including phenoxy) is 1. The van der Waals surface area contributed by atoms with Crippen molar-refractivity contribution in [2.75, 3.05) is 33.2 Å². The fourth-order valence-electron chi connectivity index (χ4n) is 4.18. The zero-order valence-corrected chi connectivity index (χ0v) is 23.4. The van der Waals surface area contributed by atoms with Gasteiger partial charge in [0.2, 0.25) is 11.8 Å². The average Bonchev–Trinajstić information content (AvgIpc) is 2.77. The number of rotatable bonds is 13. The Labute approximate surface area is 212 Å². The lowest BCUT2D eigenvalue weighted by Crippen LogP contribution is -2.56. The van der Waals surface area contributed by atoms with E-state index >= 15 is 0 Å². The number of likely N-dealkylation sites (N-methyl/N-ethyl adjacent to an activating group) is 2. The summed E-state index contributed by atoms with van der Waals surface area (Å²) in [5.74, 6) is -0.802. The number of carbonyl (C=O) groups is 3. The monoisotopic (exact) mass is 489 g/mol. The van der Waals surface area contributed by atoms with E-state index in [1.807, 2.05) is 45.0 Å². The van der Waals surface area contributed by atoms with E-state index < -0.39 is 17.6 Å². The minimum absolute atomic E-state index is 0.0643. The lowest BCUT2D eigenvalue weighted by molar-refractivity contribution is -0.159. The first-order chi connectivity index (χ1) is 16.3. The van der Waals surface area contributed by atoms with Crippen molar-refractivity contribution in [2.45, 2.75) is 92.3 Å². The molecule has 0 aliphatic carbocycles. The largest absolute Gasteiger partial charge is 0.459 e. The molecule has 0 aliphatic heterocycles. The molecule has 7 heteroatoms. The zero-order chi connectivity index (χ0) is 26.8. The molecule has 2 amide bonds. The van der Waals surface area contributed by atoms with E-state index in [4.69, 9.17) is 4.74 Å². The van der Waals surface area contributed by atoms with Crippen LogP contribution in [0.1, 0.15) is 72.4 Å². The molecule has 0 heterocycles. The van der Waals surface area contributed by atoms with E-state index in [0.717, 1.165) is 37.1 Å². The minimum Gasteiger partial charge on any atom is -0.459 e. The van der Waals surface area contributed by atoms with Crippen LogP contribution >= 0.6 is 0 Å². The summed E-state index contributed by atoms with van der Waals surface area (Å²) in [6, 6.07) is 6.95. The van der Waals surface area contributed by atoms with Crippen molar-refractivity contribution in [3.63, 3.8) is 0 Å². The van der Waals surface area contributed by atoms with Crippen LogP contribution in [0, 0.1) is 6.92 Å². The van der Waals surface area contributed by atoms with Gasteiger partial charge < -0.3 is 14.5 Å². The highest BCUT2D eigenvalue weighted by Crippen LogP contribution is 2.17. The van der Waals surface area contributed by atoms with Crippen LogP contribution in [0.2, 0.25) is 0 Å². The minimum atomic E-state index is -0.713. The summed E-state index contributed by atoms with van der Waals surface area (Å²) in [5, 5.41) is 0. The Hall–Kier alpha value is -2.41. The Bertz CT molecular complexity index is 810. The van der Waals surface area contributed by atoms with Gasteiger partial charge in [0.1, 0.15) is 18.2 Å². The first-order valence-corrected chi connectivity index (χ1v) is 12.9. The van der Waals surface area contributed by atoms with Crippen LogP contribution in [0.4, 0.5) is 0 Å². The van der Waals surface area contributed by atoms with E-state index in [-0.39, 0.29) is 24.4 Å². The second kappa shape index (κ2) is 14.2. The zero-order valence-electron chi connectivity index (χ0n) is 23.4. The molecule has 1 rings (SSSR count). The van der Waals surface area contributed by atoms with Gasteiger partial charge in [-0.15, -0.1) is 0 Å². The summed E-state index contributed by atoms with van der Waals surface area (Å²) in [6.07, 6.45) is 2.29. The van der Waals surface area contributed by atoms with E-state index in [2.05, 4.69) is 18.7 Å². The van der Waals surface area contributed by atoms with Crippen molar-refractivity contribution < 1.29 is 19.1 Å². The standard InChI is InChI=1S/C28H47N3O4/c1-10-17-30(18-11-2)22(5)26(33)31(12-3)24(19-23-15-13-21(4)14-16-23)27(34)29(9)20-25(32)35-28(6,7)8/h13-16,22,24H,10-12,17-20H2,1-9H3/t22-,24-/m0/s1. The first kappa shape index (κ1) is 30.6. The summed E-state index contributed by atoms with van der Waals surface area (Å²) in [4.78, 5) is 45.0. The molecule has 0 unspecified atom stereocenters. The third kappa shape index (κ3) is 10.0. The molecular formula is C28H47N3O4. The van der Waals surface area contributed by atoms with E-state index in [1.165, 1.54) is 4.90 Å². The van der Waals surface area contributed by atoms with Crippen molar-refractivity contribution in [1.82, 2.24) is 14.7 Å². The Morgan fingerprint density at radius 2 is 1.49 bits per heavy atom. The molecule has 0 saturated carbocycles. The number of hydrogen-bond acceptors (Lipinski definition) is 5. The molecule has 0 aliphatic rings. The SMILES string of the molecule is CCCN(CCC)[C@@H](C)C(=O)N(CC)[C@@H](Cc1ccc(C)cc1)C(=O)N(C)CC(=O)OC(C)(C)C. The topological polar surface area (TPSA) is 70.2 Å². The van der Waals surface area contributed by atoms with Gasteiger partial charge in [-0.2, -0.15) is 0 Å². The predicted molar refractivity (Wildman–Crippen MR) is 141 cm³/mol. The average molecular weight is 490 g/mol. The molecule has 0 bridgehead atoms. The van der Waals surface area contributed by atoms with Gasteiger partial charge in [-0.25, -0.2) is 0 Å². The Morgan fingerprint density at radius 1 is 0.943 bits per heavy atom. The third-order valence-electron chi connectivity index (χ3n) is 5.92. The first-order valence-electron chi connectivity index (χ1n) is 12.9. The summed E-state index contributed by atoms with van der Waals surface area (Å²) >= 11 is 0. The molecule has 0 fully saturated rings. The second-order valence-corrected chi connectivity index (χ2v) is 10.3. The van der Waals surface area contributed by atoms with Crippen LogP contribution in [0.5, 0.6) is 0 Å². The van der Waals surface area contributed by atoms with Crippen LogP contribution in [0.15, 0.2) is 24.3 Å². The molecule has 2 atom stereocenters. The lowest BCUT2D eigenvalue weighted by Gasteiger charge is -2.37. The summed E-state index contributed by atoms with van der Waals surface area (Å²) in [6.45, 7) is 17.3. The van der Waals surface area contributed by atoms with Crippen LogP contribution < -0.4 is 0 Å². The number of aryl methyl sites for hydroxylation is 1. The van der Waals surface area contributed by atoms with Gasteiger partial charge in [0.05, 0.1) is 6.04 Å². The fraction of sp³-hybridized carbons (Fsp3) is 0.679. The summed E-state index contributed by atoms with van der Waals surface area (Å²) in [5.41, 5.74) is 1.47. The predicted octanol–water partition coefficient (Wildman–Crippen LogP) is 4.07. The number of esters is 1. The lowest BCUT2D eigenvalue weighted by atomic mass is 10.0. The molecule has 1 aromatic rings. The van der Waals surface area contributed by atoms with Crippen LogP contribution in [0.25, 0.3) is 0 Å². The molecule has 198 valence electrons. The Balaban J connectivity index is 3.25. The maximum Gasteiger partial charge on any atom is 0.326 e. The van der Waals surface area contributed by atoms with Gasteiger partial charge in [0.15, 0.2) is 0 Å². The van der Waals surface area contributed by atoms with E-state index in [1.54, 1.807) is 32.7 Å². The molecule has 35 heavy (non-hydrogen) atoms. The number of carbonyl (C=O) groups excluding carboxylic acids is 3. The summed E-state index contributed by atoms with van der Waals surface area (Å²) < 4.78 is 5.41. The van der Waals surface area contributed by atoms with Crippen LogP contribution in [-0.2, 0) is 25.5 Å². The Kier molecular flexibility index (Phi) is 12.4. The molecule has 0 saturated heterocycles. The van der Waals surface area contributed by atoms with Crippen molar-refractivity contribution in [1.29, 1.82) is 0 Å². The Morgan fingerprint density at radius 3 is 1.94 bits per heavy atom. The molecule has 7 nitrogen and oxygen atoms in total. The normalized spacial score (nSPS) is 13.3. The maximum atomic E-state index is 13.7. The maximum absolute atomic E-state index is 13.7. The highest BCUT2D eigenvalue weighted by molar-refractivity contribution is 5.91. The molecule has 0 aromatic heterocycles. The van der Waals surface area contributed by atoms with Gasteiger partial charge in [0.25, 0.3) is 0 Å². The van der Waals surface area contributed by atoms with Crippen molar-refractivity contribution in [2.24, 2.45) is 0 Å². The summed E-state index contributed by atoms with van der Waals surface area (Å²) in [7, 11) is 1.59. The van der Waals surface area contributed by atoms with E-state index in [0.29, 0.717) is 13.0 Å².